The van der Waals surface area contributed by atoms with Gasteiger partial charge in [0.05, 0.1) is 16.6 Å². The fourth-order valence-electron chi connectivity index (χ4n) is 3.08. The van der Waals surface area contributed by atoms with E-state index in [1.54, 1.807) is 11.0 Å². The van der Waals surface area contributed by atoms with E-state index in [1.807, 2.05) is 18.2 Å². The number of amides is 2. The Hall–Kier alpha value is -1.59. The van der Waals surface area contributed by atoms with Crippen LogP contribution in [0.2, 0.25) is 5.02 Å². The van der Waals surface area contributed by atoms with Crippen LogP contribution in [0.3, 0.4) is 0 Å². The van der Waals surface area contributed by atoms with Crippen molar-refractivity contribution < 1.29 is 9.59 Å². The second-order valence-electron chi connectivity index (χ2n) is 5.91. The molecule has 1 unspecified atom stereocenters. The van der Waals surface area contributed by atoms with Gasteiger partial charge in [0.2, 0.25) is 11.8 Å². The van der Waals surface area contributed by atoms with Crippen LogP contribution in [-0.2, 0) is 9.59 Å². The lowest BCUT2D eigenvalue weighted by Gasteiger charge is -2.25. The molecule has 2 aliphatic heterocycles. The minimum absolute atomic E-state index is 0.0309. The lowest BCUT2D eigenvalue weighted by molar-refractivity contribution is -0.127. The molecular weight excluding hydrogens is 302 g/mol. The molecule has 0 aromatic heterocycles. The number of piperidine rings is 1. The number of hydrogen-bond acceptors (Lipinski definition) is 3. The molecule has 2 atom stereocenters. The van der Waals surface area contributed by atoms with Crippen molar-refractivity contribution in [2.75, 3.05) is 24.5 Å². The van der Waals surface area contributed by atoms with Gasteiger partial charge in [0.25, 0.3) is 0 Å². The van der Waals surface area contributed by atoms with Gasteiger partial charge in [-0.2, -0.15) is 0 Å². The number of carbonyl (C=O) groups excluding carboxylic acids is 2. The van der Waals surface area contributed by atoms with Crippen LogP contribution in [-0.4, -0.2) is 37.5 Å². The maximum atomic E-state index is 12.4. The number of anilines is 1. The number of carbonyl (C=O) groups is 2. The van der Waals surface area contributed by atoms with E-state index in [0.29, 0.717) is 17.3 Å². The number of nitrogens with one attached hydrogen (secondary N) is 2. The zero-order valence-corrected chi connectivity index (χ0v) is 13.1. The highest BCUT2D eigenvalue weighted by Crippen LogP contribution is 2.31. The molecule has 0 aliphatic carbocycles. The summed E-state index contributed by atoms with van der Waals surface area (Å²) in [6, 6.07) is 7.41. The van der Waals surface area contributed by atoms with Gasteiger partial charge in [-0.15, -0.1) is 0 Å². The molecule has 0 spiro atoms. The molecule has 2 amide bonds. The first-order valence-corrected chi connectivity index (χ1v) is 8.09. The van der Waals surface area contributed by atoms with Gasteiger partial charge < -0.3 is 15.5 Å². The Balaban J connectivity index is 1.64. The molecule has 118 valence electrons. The first-order chi connectivity index (χ1) is 10.6. The third-order valence-electron chi connectivity index (χ3n) is 4.28. The Morgan fingerprint density at radius 2 is 2.18 bits per heavy atom. The first-order valence-electron chi connectivity index (χ1n) is 7.71. The van der Waals surface area contributed by atoms with Crippen LogP contribution in [0.15, 0.2) is 24.3 Å². The van der Waals surface area contributed by atoms with Crippen molar-refractivity contribution >= 4 is 29.1 Å². The average Bonchev–Trinajstić information content (AvgIpc) is 2.91. The van der Waals surface area contributed by atoms with Crippen LogP contribution in [0.4, 0.5) is 5.69 Å². The molecule has 0 radical (unpaired) electrons. The second-order valence-corrected chi connectivity index (χ2v) is 6.32. The molecule has 0 saturated carbocycles. The number of nitrogens with zero attached hydrogens (tertiary/aromatic N) is 1. The van der Waals surface area contributed by atoms with Crippen molar-refractivity contribution in [1.29, 1.82) is 0 Å². The molecule has 5 nitrogen and oxygen atoms in total. The van der Waals surface area contributed by atoms with Gasteiger partial charge in [-0.25, -0.2) is 0 Å². The lowest BCUT2D eigenvalue weighted by atomic mass is 10.0. The van der Waals surface area contributed by atoms with Crippen LogP contribution in [0.1, 0.15) is 19.3 Å². The van der Waals surface area contributed by atoms with Crippen LogP contribution >= 0.6 is 11.6 Å². The monoisotopic (exact) mass is 321 g/mol. The molecule has 6 heteroatoms. The van der Waals surface area contributed by atoms with Gasteiger partial charge in [-0.1, -0.05) is 23.7 Å². The summed E-state index contributed by atoms with van der Waals surface area (Å²) in [5, 5.41) is 6.86. The molecule has 2 N–H and O–H groups in total. The van der Waals surface area contributed by atoms with Gasteiger partial charge in [-0.05, 0) is 31.5 Å². The zero-order chi connectivity index (χ0) is 15.5. The van der Waals surface area contributed by atoms with Crippen LogP contribution in [0.25, 0.3) is 0 Å². The predicted molar refractivity (Wildman–Crippen MR) is 85.9 cm³/mol. The molecule has 2 saturated heterocycles. The Morgan fingerprint density at radius 1 is 1.36 bits per heavy atom. The topological polar surface area (TPSA) is 61.4 Å². The molecule has 22 heavy (non-hydrogen) atoms. The maximum Gasteiger partial charge on any atom is 0.227 e. The van der Waals surface area contributed by atoms with Gasteiger partial charge in [0.15, 0.2) is 0 Å². The highest BCUT2D eigenvalue weighted by Gasteiger charge is 2.36. The van der Waals surface area contributed by atoms with Crippen LogP contribution < -0.4 is 15.5 Å². The normalized spacial score (nSPS) is 25.3. The summed E-state index contributed by atoms with van der Waals surface area (Å²) in [6.07, 6.45) is 2.31. The Labute approximate surface area is 135 Å². The van der Waals surface area contributed by atoms with Crippen molar-refractivity contribution in [1.82, 2.24) is 10.6 Å². The van der Waals surface area contributed by atoms with Crippen LogP contribution in [0, 0.1) is 5.92 Å². The van der Waals surface area contributed by atoms with E-state index in [2.05, 4.69) is 10.6 Å². The Bertz CT molecular complexity index is 572. The van der Waals surface area contributed by atoms with Crippen molar-refractivity contribution in [2.24, 2.45) is 5.92 Å². The number of halogens is 1. The van der Waals surface area contributed by atoms with E-state index >= 15 is 0 Å². The molecule has 2 fully saturated rings. The van der Waals surface area contributed by atoms with E-state index in [4.69, 9.17) is 11.6 Å². The summed E-state index contributed by atoms with van der Waals surface area (Å²) in [5.74, 6) is -0.377. The lowest BCUT2D eigenvalue weighted by Crippen LogP contribution is -2.47. The molecule has 3 rings (SSSR count). The van der Waals surface area contributed by atoms with E-state index in [9.17, 15) is 9.59 Å². The number of hydrogen-bond donors (Lipinski definition) is 2. The third kappa shape index (κ3) is 3.25. The summed E-state index contributed by atoms with van der Waals surface area (Å²) in [7, 11) is 0. The second kappa shape index (κ2) is 6.67. The summed E-state index contributed by atoms with van der Waals surface area (Å²) >= 11 is 6.15. The average molecular weight is 322 g/mol. The summed E-state index contributed by atoms with van der Waals surface area (Å²) in [4.78, 5) is 26.2. The largest absolute Gasteiger partial charge is 0.352 e. The standard InChI is InChI=1S/C16H20ClN3O2/c17-13-5-1-2-6-14(13)20-10-11(8-15(20)21)16(22)19-12-4-3-7-18-9-12/h1-2,5-6,11-12,18H,3-4,7-10H2,(H,19,22)/t11?,12-/m0/s1. The van der Waals surface area contributed by atoms with Crippen molar-refractivity contribution in [3.8, 4) is 0 Å². The van der Waals surface area contributed by atoms with Crippen molar-refractivity contribution in [3.63, 3.8) is 0 Å². The van der Waals surface area contributed by atoms with Gasteiger partial charge >= 0.3 is 0 Å². The maximum absolute atomic E-state index is 12.4. The number of rotatable bonds is 3. The SMILES string of the molecule is O=C(N[C@H]1CCCNC1)C1CC(=O)N(c2ccccc2Cl)C1. The summed E-state index contributed by atoms with van der Waals surface area (Å²) in [5.41, 5.74) is 0.684. The fraction of sp³-hybridized carbons (Fsp3) is 0.500. The minimum Gasteiger partial charge on any atom is -0.352 e. The summed E-state index contributed by atoms with van der Waals surface area (Å²) < 4.78 is 0. The first kappa shape index (κ1) is 15.3. The van der Waals surface area contributed by atoms with Crippen LogP contribution in [0.5, 0.6) is 0 Å². The number of para-hydroxylation sites is 1. The predicted octanol–water partition coefficient (Wildman–Crippen LogP) is 1.56. The molecular formula is C16H20ClN3O2. The van der Waals surface area contributed by atoms with E-state index in [0.717, 1.165) is 25.9 Å². The fourth-order valence-corrected chi connectivity index (χ4v) is 3.32. The molecule has 0 bridgehead atoms. The van der Waals surface area contributed by atoms with Gasteiger partial charge in [0, 0.05) is 25.6 Å². The summed E-state index contributed by atoms with van der Waals surface area (Å²) in [6.45, 7) is 2.21. The highest BCUT2D eigenvalue weighted by molar-refractivity contribution is 6.33. The van der Waals surface area contributed by atoms with Gasteiger partial charge in [0.1, 0.15) is 0 Å². The zero-order valence-electron chi connectivity index (χ0n) is 12.3. The minimum atomic E-state index is -0.300. The van der Waals surface area contributed by atoms with E-state index in [1.165, 1.54) is 0 Å². The third-order valence-corrected chi connectivity index (χ3v) is 4.60. The van der Waals surface area contributed by atoms with Gasteiger partial charge in [-0.3, -0.25) is 9.59 Å². The molecule has 1 aromatic rings. The molecule has 2 aliphatic rings. The van der Waals surface area contributed by atoms with E-state index < -0.39 is 0 Å². The quantitative estimate of drug-likeness (QED) is 0.888. The molecule has 2 heterocycles. The smallest absolute Gasteiger partial charge is 0.227 e. The number of benzene rings is 1. The van der Waals surface area contributed by atoms with Crippen molar-refractivity contribution in [2.45, 2.75) is 25.3 Å². The van der Waals surface area contributed by atoms with Crippen molar-refractivity contribution in [3.05, 3.63) is 29.3 Å². The Kier molecular flexibility index (Phi) is 4.64. The highest BCUT2D eigenvalue weighted by atomic mass is 35.5. The Morgan fingerprint density at radius 3 is 2.91 bits per heavy atom. The van der Waals surface area contributed by atoms with E-state index in [-0.39, 0.29) is 30.2 Å². The molecule has 1 aromatic carbocycles.